The first kappa shape index (κ1) is 17.8. The summed E-state index contributed by atoms with van der Waals surface area (Å²) in [6.07, 6.45) is 1.93. The highest BCUT2D eigenvalue weighted by molar-refractivity contribution is 5.74. The first-order valence-corrected chi connectivity index (χ1v) is 9.08. The second-order valence-corrected chi connectivity index (χ2v) is 6.45. The zero-order valence-corrected chi connectivity index (χ0v) is 14.9. The summed E-state index contributed by atoms with van der Waals surface area (Å²) >= 11 is 0. The van der Waals surface area contributed by atoms with Crippen molar-refractivity contribution < 1.29 is 4.79 Å². The number of hydrogen-bond donors (Lipinski definition) is 1. The molecule has 0 saturated carbocycles. The predicted molar refractivity (Wildman–Crippen MR) is 103 cm³/mol. The normalized spacial score (nSPS) is 14.0. The van der Waals surface area contributed by atoms with Crippen LogP contribution >= 0.6 is 0 Å². The Bertz CT molecular complexity index is 744. The molecule has 0 aliphatic carbocycles. The fourth-order valence-corrected chi connectivity index (χ4v) is 3.16. The van der Waals surface area contributed by atoms with Gasteiger partial charge in [0.15, 0.2) is 0 Å². The number of amides is 2. The number of urea groups is 1. The number of anilines is 1. The molecule has 26 heavy (non-hydrogen) atoms. The summed E-state index contributed by atoms with van der Waals surface area (Å²) in [6, 6.07) is 20.1. The van der Waals surface area contributed by atoms with Crippen molar-refractivity contribution in [3.63, 3.8) is 0 Å². The minimum atomic E-state index is 0.0255. The van der Waals surface area contributed by atoms with Gasteiger partial charge in [-0.15, -0.1) is 0 Å². The number of carbonyl (C=O) groups excluding carboxylic acids is 1. The van der Waals surface area contributed by atoms with Crippen molar-refractivity contribution in [1.82, 2.24) is 10.2 Å². The van der Waals surface area contributed by atoms with Gasteiger partial charge in [0.05, 0.1) is 11.6 Å². The SMILES string of the molecule is N#Cc1ccc(N2CCN(C(=O)NCCCc3ccccc3)CC2)cc1. The Morgan fingerprint density at radius 1 is 1.00 bits per heavy atom. The van der Waals surface area contributed by atoms with Crippen LogP contribution < -0.4 is 10.2 Å². The number of aryl methyl sites for hydroxylation is 1. The Balaban J connectivity index is 1.38. The molecule has 1 aliphatic rings. The topological polar surface area (TPSA) is 59.4 Å². The third kappa shape index (κ3) is 4.76. The maximum absolute atomic E-state index is 12.3. The number of piperazine rings is 1. The average Bonchev–Trinajstić information content (AvgIpc) is 2.72. The monoisotopic (exact) mass is 348 g/mol. The number of nitrogens with zero attached hydrogens (tertiary/aromatic N) is 3. The van der Waals surface area contributed by atoms with Gasteiger partial charge in [0.25, 0.3) is 0 Å². The van der Waals surface area contributed by atoms with Crippen molar-refractivity contribution in [2.45, 2.75) is 12.8 Å². The molecular weight excluding hydrogens is 324 g/mol. The molecule has 2 aromatic carbocycles. The number of nitriles is 1. The summed E-state index contributed by atoms with van der Waals surface area (Å²) in [5, 5.41) is 11.9. The van der Waals surface area contributed by atoms with Gasteiger partial charge in [0, 0.05) is 38.4 Å². The molecule has 5 nitrogen and oxygen atoms in total. The van der Waals surface area contributed by atoms with Crippen molar-refractivity contribution in [1.29, 1.82) is 5.26 Å². The van der Waals surface area contributed by atoms with E-state index in [1.807, 2.05) is 47.4 Å². The molecule has 2 amide bonds. The lowest BCUT2D eigenvalue weighted by atomic mass is 10.1. The van der Waals surface area contributed by atoms with Crippen LogP contribution in [0.15, 0.2) is 54.6 Å². The van der Waals surface area contributed by atoms with E-state index in [4.69, 9.17) is 5.26 Å². The van der Waals surface area contributed by atoms with Gasteiger partial charge in [-0.25, -0.2) is 4.79 Å². The van der Waals surface area contributed by atoms with E-state index in [9.17, 15) is 4.79 Å². The van der Waals surface area contributed by atoms with Gasteiger partial charge in [-0.05, 0) is 42.7 Å². The van der Waals surface area contributed by atoms with Gasteiger partial charge in [-0.1, -0.05) is 30.3 Å². The molecule has 5 heteroatoms. The summed E-state index contributed by atoms with van der Waals surface area (Å²) in [6.45, 7) is 3.74. The summed E-state index contributed by atoms with van der Waals surface area (Å²) < 4.78 is 0. The van der Waals surface area contributed by atoms with E-state index in [0.717, 1.165) is 31.6 Å². The maximum atomic E-state index is 12.3. The van der Waals surface area contributed by atoms with Crippen LogP contribution in [0.5, 0.6) is 0 Å². The highest BCUT2D eigenvalue weighted by Crippen LogP contribution is 2.17. The van der Waals surface area contributed by atoms with Gasteiger partial charge in [0.1, 0.15) is 0 Å². The Morgan fingerprint density at radius 3 is 2.35 bits per heavy atom. The van der Waals surface area contributed by atoms with Crippen LogP contribution in [0.25, 0.3) is 0 Å². The minimum Gasteiger partial charge on any atom is -0.368 e. The molecule has 0 bridgehead atoms. The summed E-state index contributed by atoms with van der Waals surface area (Å²) in [7, 11) is 0. The van der Waals surface area contributed by atoms with Gasteiger partial charge < -0.3 is 15.1 Å². The lowest BCUT2D eigenvalue weighted by molar-refractivity contribution is 0.194. The van der Waals surface area contributed by atoms with Crippen LogP contribution in [0.3, 0.4) is 0 Å². The molecule has 0 aromatic heterocycles. The molecule has 0 atom stereocenters. The third-order valence-electron chi connectivity index (χ3n) is 4.69. The van der Waals surface area contributed by atoms with Crippen molar-refractivity contribution in [2.24, 2.45) is 0 Å². The van der Waals surface area contributed by atoms with E-state index >= 15 is 0 Å². The van der Waals surface area contributed by atoms with Crippen molar-refractivity contribution in [3.05, 3.63) is 65.7 Å². The molecule has 2 aromatic rings. The van der Waals surface area contributed by atoms with Gasteiger partial charge in [0.2, 0.25) is 0 Å². The summed E-state index contributed by atoms with van der Waals surface area (Å²) in [5.41, 5.74) is 3.08. The number of nitrogens with one attached hydrogen (secondary N) is 1. The molecule has 1 N–H and O–H groups in total. The Morgan fingerprint density at radius 2 is 1.69 bits per heavy atom. The molecule has 0 unspecified atom stereocenters. The van der Waals surface area contributed by atoms with Gasteiger partial charge in [-0.2, -0.15) is 5.26 Å². The number of rotatable bonds is 5. The Labute approximate surface area is 154 Å². The molecule has 3 rings (SSSR count). The van der Waals surface area contributed by atoms with Gasteiger partial charge in [-0.3, -0.25) is 0 Å². The number of benzene rings is 2. The number of carbonyl (C=O) groups is 1. The van der Waals surface area contributed by atoms with Crippen LogP contribution in [0.4, 0.5) is 10.5 Å². The maximum Gasteiger partial charge on any atom is 0.317 e. The Hall–Kier alpha value is -3.00. The first-order valence-electron chi connectivity index (χ1n) is 9.08. The fraction of sp³-hybridized carbons (Fsp3) is 0.333. The van der Waals surface area contributed by atoms with E-state index in [-0.39, 0.29) is 6.03 Å². The second-order valence-electron chi connectivity index (χ2n) is 6.45. The molecule has 1 fully saturated rings. The molecule has 0 radical (unpaired) electrons. The smallest absolute Gasteiger partial charge is 0.317 e. The van der Waals surface area contributed by atoms with Crippen LogP contribution in [-0.4, -0.2) is 43.7 Å². The standard InChI is InChI=1S/C21H24N4O/c22-17-19-8-10-20(11-9-19)24-13-15-25(16-14-24)21(26)23-12-4-7-18-5-2-1-3-6-18/h1-3,5-6,8-11H,4,7,12-16H2,(H,23,26). The highest BCUT2D eigenvalue weighted by Gasteiger charge is 2.20. The van der Waals surface area contributed by atoms with Crippen molar-refractivity contribution in [2.75, 3.05) is 37.6 Å². The van der Waals surface area contributed by atoms with E-state index < -0.39 is 0 Å². The fourth-order valence-electron chi connectivity index (χ4n) is 3.16. The van der Waals surface area contributed by atoms with Crippen LogP contribution in [-0.2, 0) is 6.42 Å². The Kier molecular flexibility index (Phi) is 6.10. The zero-order valence-electron chi connectivity index (χ0n) is 14.9. The lowest BCUT2D eigenvalue weighted by Gasteiger charge is -2.36. The molecular formula is C21H24N4O. The molecule has 0 spiro atoms. The molecule has 1 aliphatic heterocycles. The van der Waals surface area contributed by atoms with Gasteiger partial charge >= 0.3 is 6.03 Å². The van der Waals surface area contributed by atoms with Crippen molar-refractivity contribution >= 4 is 11.7 Å². The average molecular weight is 348 g/mol. The number of hydrogen-bond acceptors (Lipinski definition) is 3. The van der Waals surface area contributed by atoms with E-state index in [1.165, 1.54) is 5.56 Å². The predicted octanol–water partition coefficient (Wildman–Crippen LogP) is 3.02. The van der Waals surface area contributed by atoms with E-state index in [0.29, 0.717) is 25.2 Å². The lowest BCUT2D eigenvalue weighted by Crippen LogP contribution is -2.52. The largest absolute Gasteiger partial charge is 0.368 e. The minimum absolute atomic E-state index is 0.0255. The van der Waals surface area contributed by atoms with Crippen LogP contribution in [0, 0.1) is 11.3 Å². The molecule has 1 saturated heterocycles. The summed E-state index contributed by atoms with van der Waals surface area (Å²) in [4.78, 5) is 16.4. The quantitative estimate of drug-likeness (QED) is 0.845. The molecule has 1 heterocycles. The van der Waals surface area contributed by atoms with Crippen LogP contribution in [0.2, 0.25) is 0 Å². The van der Waals surface area contributed by atoms with Crippen LogP contribution in [0.1, 0.15) is 17.5 Å². The third-order valence-corrected chi connectivity index (χ3v) is 4.69. The first-order chi connectivity index (χ1) is 12.8. The van der Waals surface area contributed by atoms with Crippen molar-refractivity contribution in [3.8, 4) is 6.07 Å². The highest BCUT2D eigenvalue weighted by atomic mass is 16.2. The van der Waals surface area contributed by atoms with E-state index in [2.05, 4.69) is 28.4 Å². The zero-order chi connectivity index (χ0) is 18.2. The van der Waals surface area contributed by atoms with E-state index in [1.54, 1.807) is 0 Å². The molecule has 134 valence electrons. The second kappa shape index (κ2) is 8.91. The summed E-state index contributed by atoms with van der Waals surface area (Å²) in [5.74, 6) is 0.